The van der Waals surface area contributed by atoms with Crippen molar-refractivity contribution >= 4 is 11.6 Å². The van der Waals surface area contributed by atoms with Gasteiger partial charge in [0.25, 0.3) is 5.91 Å². The Morgan fingerprint density at radius 3 is 2.90 bits per heavy atom. The van der Waals surface area contributed by atoms with E-state index in [2.05, 4.69) is 15.5 Å². The standard InChI is InChI=1S/C15H13FN4O/c1-10-18-19-14-8-11(6-7-20(10)14)15(21)17-9-12-4-2-3-5-13(12)16/h2-8H,9H2,1H3,(H,17,21). The van der Waals surface area contributed by atoms with Gasteiger partial charge in [-0.05, 0) is 25.1 Å². The minimum absolute atomic E-state index is 0.141. The van der Waals surface area contributed by atoms with Gasteiger partial charge in [0.1, 0.15) is 11.6 Å². The van der Waals surface area contributed by atoms with Crippen LogP contribution in [-0.4, -0.2) is 20.5 Å². The smallest absolute Gasteiger partial charge is 0.251 e. The summed E-state index contributed by atoms with van der Waals surface area (Å²) in [6.07, 6.45) is 1.74. The molecule has 0 aliphatic rings. The lowest BCUT2D eigenvalue weighted by Crippen LogP contribution is -2.23. The third-order valence-corrected chi connectivity index (χ3v) is 3.24. The first-order chi connectivity index (χ1) is 10.1. The molecule has 0 aliphatic carbocycles. The first-order valence-corrected chi connectivity index (χ1v) is 6.48. The van der Waals surface area contributed by atoms with Crippen molar-refractivity contribution in [3.8, 4) is 0 Å². The highest BCUT2D eigenvalue weighted by Crippen LogP contribution is 2.09. The fourth-order valence-corrected chi connectivity index (χ4v) is 2.07. The topological polar surface area (TPSA) is 59.3 Å². The molecule has 3 rings (SSSR count). The molecule has 0 spiro atoms. The Kier molecular flexibility index (Phi) is 3.35. The van der Waals surface area contributed by atoms with E-state index in [1.165, 1.54) is 6.07 Å². The summed E-state index contributed by atoms with van der Waals surface area (Å²) >= 11 is 0. The predicted molar refractivity (Wildman–Crippen MR) is 75.3 cm³/mol. The molecule has 0 saturated heterocycles. The fourth-order valence-electron chi connectivity index (χ4n) is 2.07. The lowest BCUT2D eigenvalue weighted by Gasteiger charge is -2.06. The number of hydrogen-bond acceptors (Lipinski definition) is 3. The minimum atomic E-state index is -0.332. The largest absolute Gasteiger partial charge is 0.348 e. The summed E-state index contributed by atoms with van der Waals surface area (Å²) in [6, 6.07) is 9.68. The molecule has 3 aromatic rings. The molecule has 1 N–H and O–H groups in total. The van der Waals surface area contributed by atoms with E-state index < -0.39 is 0 Å². The number of amides is 1. The van der Waals surface area contributed by atoms with Crippen LogP contribution in [0, 0.1) is 12.7 Å². The maximum absolute atomic E-state index is 13.5. The van der Waals surface area contributed by atoms with Crippen molar-refractivity contribution in [3.05, 3.63) is 65.4 Å². The van der Waals surface area contributed by atoms with E-state index in [0.29, 0.717) is 16.8 Å². The zero-order valence-corrected chi connectivity index (χ0v) is 11.4. The Hall–Kier alpha value is -2.76. The molecule has 1 aromatic carbocycles. The number of carbonyl (C=O) groups is 1. The number of halogens is 1. The van der Waals surface area contributed by atoms with E-state index in [1.54, 1.807) is 40.9 Å². The molecule has 5 nitrogen and oxygen atoms in total. The summed E-state index contributed by atoms with van der Waals surface area (Å²) in [5.41, 5.74) is 1.52. The highest BCUT2D eigenvalue weighted by molar-refractivity contribution is 5.94. The molecule has 2 heterocycles. The third-order valence-electron chi connectivity index (χ3n) is 3.24. The summed E-state index contributed by atoms with van der Waals surface area (Å²) < 4.78 is 15.3. The molecule has 0 aliphatic heterocycles. The van der Waals surface area contributed by atoms with E-state index in [0.717, 1.165) is 5.82 Å². The number of fused-ring (bicyclic) bond motifs is 1. The molecule has 106 valence electrons. The molecular formula is C15H13FN4O. The Morgan fingerprint density at radius 1 is 1.29 bits per heavy atom. The van der Waals surface area contributed by atoms with Crippen LogP contribution in [0.1, 0.15) is 21.7 Å². The number of hydrogen-bond donors (Lipinski definition) is 1. The van der Waals surface area contributed by atoms with Crippen molar-refractivity contribution in [1.82, 2.24) is 19.9 Å². The van der Waals surface area contributed by atoms with Crippen LogP contribution in [-0.2, 0) is 6.54 Å². The minimum Gasteiger partial charge on any atom is -0.348 e. The molecule has 21 heavy (non-hydrogen) atoms. The van der Waals surface area contributed by atoms with Crippen molar-refractivity contribution in [2.24, 2.45) is 0 Å². The zero-order valence-electron chi connectivity index (χ0n) is 11.4. The molecule has 0 fully saturated rings. The molecule has 1 amide bonds. The van der Waals surface area contributed by atoms with Gasteiger partial charge in [0.15, 0.2) is 5.65 Å². The van der Waals surface area contributed by atoms with Crippen molar-refractivity contribution in [2.75, 3.05) is 0 Å². The Bertz CT molecular complexity index is 812. The van der Waals surface area contributed by atoms with Crippen LogP contribution in [0.5, 0.6) is 0 Å². The number of pyridine rings is 1. The monoisotopic (exact) mass is 284 g/mol. The Labute approximate surface area is 120 Å². The van der Waals surface area contributed by atoms with E-state index in [4.69, 9.17) is 0 Å². The number of carbonyl (C=O) groups excluding carboxylic acids is 1. The third kappa shape index (κ3) is 2.60. The van der Waals surface area contributed by atoms with Gasteiger partial charge in [-0.2, -0.15) is 0 Å². The average Bonchev–Trinajstić information content (AvgIpc) is 2.87. The van der Waals surface area contributed by atoms with Crippen LogP contribution in [0.15, 0.2) is 42.6 Å². The molecule has 0 radical (unpaired) electrons. The van der Waals surface area contributed by atoms with Crippen LogP contribution >= 0.6 is 0 Å². The average molecular weight is 284 g/mol. The van der Waals surface area contributed by atoms with Crippen LogP contribution in [0.4, 0.5) is 4.39 Å². The Morgan fingerprint density at radius 2 is 2.10 bits per heavy atom. The molecule has 0 unspecified atom stereocenters. The molecule has 6 heteroatoms. The highest BCUT2D eigenvalue weighted by Gasteiger charge is 2.09. The van der Waals surface area contributed by atoms with E-state index in [1.807, 2.05) is 6.92 Å². The maximum atomic E-state index is 13.5. The molecular weight excluding hydrogens is 271 g/mol. The predicted octanol–water partition coefficient (Wildman–Crippen LogP) is 2.11. The molecule has 2 aromatic heterocycles. The molecule has 0 saturated carbocycles. The first-order valence-electron chi connectivity index (χ1n) is 6.48. The fraction of sp³-hybridized carbons (Fsp3) is 0.133. The van der Waals surface area contributed by atoms with Gasteiger partial charge in [0, 0.05) is 23.9 Å². The normalized spacial score (nSPS) is 10.8. The van der Waals surface area contributed by atoms with Crippen molar-refractivity contribution in [1.29, 1.82) is 0 Å². The highest BCUT2D eigenvalue weighted by atomic mass is 19.1. The number of aryl methyl sites for hydroxylation is 1. The molecule has 0 bridgehead atoms. The number of nitrogens with zero attached hydrogens (tertiary/aromatic N) is 3. The van der Waals surface area contributed by atoms with Gasteiger partial charge in [-0.15, -0.1) is 10.2 Å². The summed E-state index contributed by atoms with van der Waals surface area (Å²) in [4.78, 5) is 12.1. The number of nitrogens with one attached hydrogen (secondary N) is 1. The SMILES string of the molecule is Cc1nnc2cc(C(=O)NCc3ccccc3F)ccn12. The lowest BCUT2D eigenvalue weighted by atomic mass is 10.2. The van der Waals surface area contributed by atoms with Crippen molar-refractivity contribution < 1.29 is 9.18 Å². The van der Waals surface area contributed by atoms with Crippen molar-refractivity contribution in [2.45, 2.75) is 13.5 Å². The summed E-state index contributed by atoms with van der Waals surface area (Å²) in [5, 5.41) is 10.6. The lowest BCUT2D eigenvalue weighted by molar-refractivity contribution is 0.0950. The number of rotatable bonds is 3. The first kappa shape index (κ1) is 13.2. The summed E-state index contributed by atoms with van der Waals surface area (Å²) in [7, 11) is 0. The second-order valence-electron chi connectivity index (χ2n) is 4.66. The van der Waals surface area contributed by atoms with Gasteiger partial charge in [-0.1, -0.05) is 18.2 Å². The van der Waals surface area contributed by atoms with Gasteiger partial charge in [0.05, 0.1) is 0 Å². The second kappa shape index (κ2) is 5.32. The van der Waals surface area contributed by atoms with Gasteiger partial charge < -0.3 is 5.32 Å². The van der Waals surface area contributed by atoms with Crippen LogP contribution in [0.25, 0.3) is 5.65 Å². The van der Waals surface area contributed by atoms with Gasteiger partial charge in [-0.3, -0.25) is 9.20 Å². The quantitative estimate of drug-likeness (QED) is 0.801. The van der Waals surface area contributed by atoms with Crippen molar-refractivity contribution in [3.63, 3.8) is 0 Å². The van der Waals surface area contributed by atoms with Gasteiger partial charge >= 0.3 is 0 Å². The van der Waals surface area contributed by atoms with Crippen LogP contribution in [0.2, 0.25) is 0 Å². The number of benzene rings is 1. The maximum Gasteiger partial charge on any atom is 0.251 e. The van der Waals surface area contributed by atoms with E-state index in [9.17, 15) is 9.18 Å². The summed E-state index contributed by atoms with van der Waals surface area (Å²) in [5.74, 6) is 0.144. The summed E-state index contributed by atoms with van der Waals surface area (Å²) in [6.45, 7) is 1.97. The molecule has 0 atom stereocenters. The van der Waals surface area contributed by atoms with Gasteiger partial charge in [-0.25, -0.2) is 4.39 Å². The van der Waals surface area contributed by atoms with Gasteiger partial charge in [0.2, 0.25) is 0 Å². The van der Waals surface area contributed by atoms with E-state index >= 15 is 0 Å². The van der Waals surface area contributed by atoms with E-state index in [-0.39, 0.29) is 18.3 Å². The Balaban J connectivity index is 1.76. The second-order valence-corrected chi connectivity index (χ2v) is 4.66. The van der Waals surface area contributed by atoms with Crippen LogP contribution < -0.4 is 5.32 Å². The van der Waals surface area contributed by atoms with Crippen LogP contribution in [0.3, 0.4) is 0 Å². The number of aromatic nitrogens is 3. The zero-order chi connectivity index (χ0) is 14.8.